The summed E-state index contributed by atoms with van der Waals surface area (Å²) >= 11 is 0. The smallest absolute Gasteiger partial charge is 0.0334 e. The van der Waals surface area contributed by atoms with Crippen molar-refractivity contribution in [2.24, 2.45) is 5.41 Å². The summed E-state index contributed by atoms with van der Waals surface area (Å²) < 4.78 is 0. The van der Waals surface area contributed by atoms with Crippen molar-refractivity contribution in [2.75, 3.05) is 7.05 Å². The van der Waals surface area contributed by atoms with Crippen LogP contribution in [0.4, 0.5) is 0 Å². The quantitative estimate of drug-likeness (QED) is 0.603. The lowest BCUT2D eigenvalue weighted by Crippen LogP contribution is -2.04. The van der Waals surface area contributed by atoms with E-state index in [4.69, 9.17) is 0 Å². The Morgan fingerprint density at radius 1 is 1.27 bits per heavy atom. The molecule has 0 aromatic heterocycles. The molecule has 0 aliphatic heterocycles. The highest BCUT2D eigenvalue weighted by molar-refractivity contribution is 5.29. The molecule has 0 saturated carbocycles. The monoisotopic (exact) mass is 149 g/mol. The van der Waals surface area contributed by atoms with Crippen molar-refractivity contribution in [3.05, 3.63) is 36.1 Å². The van der Waals surface area contributed by atoms with Crippen molar-refractivity contribution in [1.82, 2.24) is 5.32 Å². The summed E-state index contributed by atoms with van der Waals surface area (Å²) in [6.45, 7) is 4.37. The summed E-state index contributed by atoms with van der Waals surface area (Å²) in [5.74, 6) is 0. The minimum atomic E-state index is 0.190. The van der Waals surface area contributed by atoms with Gasteiger partial charge in [0.2, 0.25) is 0 Å². The molecule has 60 valence electrons. The molecule has 1 nitrogen and oxygen atoms in total. The molecule has 0 amide bonds. The standard InChI is InChI=1S/C10H15N/c1-10(2)7-4-5-9(11-3)6-8-10/h4-8,11H,1-3H3. The van der Waals surface area contributed by atoms with Gasteiger partial charge in [-0.1, -0.05) is 32.1 Å². The lowest BCUT2D eigenvalue weighted by Gasteiger charge is -2.12. The van der Waals surface area contributed by atoms with Crippen LogP contribution in [0.3, 0.4) is 0 Å². The summed E-state index contributed by atoms with van der Waals surface area (Å²) in [5.41, 5.74) is 1.35. The molecule has 0 unspecified atom stereocenters. The van der Waals surface area contributed by atoms with Crippen molar-refractivity contribution in [2.45, 2.75) is 13.8 Å². The van der Waals surface area contributed by atoms with E-state index in [1.54, 1.807) is 0 Å². The molecule has 1 rings (SSSR count). The molecule has 0 bridgehead atoms. The molecular formula is C10H15N. The van der Waals surface area contributed by atoms with E-state index in [0.717, 1.165) is 5.70 Å². The first-order chi connectivity index (χ1) is 5.14. The molecule has 1 heteroatoms. The normalized spacial score (nSPS) is 20.8. The number of hydrogen-bond acceptors (Lipinski definition) is 1. The zero-order valence-electron chi connectivity index (χ0n) is 7.39. The van der Waals surface area contributed by atoms with E-state index >= 15 is 0 Å². The van der Waals surface area contributed by atoms with Gasteiger partial charge < -0.3 is 5.32 Å². The third-order valence-corrected chi connectivity index (χ3v) is 1.78. The maximum atomic E-state index is 3.10. The van der Waals surface area contributed by atoms with Gasteiger partial charge in [0, 0.05) is 18.2 Å². The molecule has 0 heterocycles. The Morgan fingerprint density at radius 3 is 2.64 bits per heavy atom. The molecule has 0 atom stereocenters. The Labute approximate surface area is 68.5 Å². The van der Waals surface area contributed by atoms with Crippen LogP contribution in [-0.2, 0) is 0 Å². The van der Waals surface area contributed by atoms with Crippen LogP contribution in [0, 0.1) is 5.41 Å². The van der Waals surface area contributed by atoms with Crippen LogP contribution in [0.15, 0.2) is 36.1 Å². The SMILES string of the molecule is CNC1=CC=CC(C)(C)C=C1. The fourth-order valence-electron chi connectivity index (χ4n) is 0.982. The molecule has 0 radical (unpaired) electrons. The Hall–Kier alpha value is -0.980. The molecule has 0 saturated heterocycles. The largest absolute Gasteiger partial charge is 0.388 e. The number of hydrogen-bond donors (Lipinski definition) is 1. The maximum Gasteiger partial charge on any atom is 0.0334 e. The third-order valence-electron chi connectivity index (χ3n) is 1.78. The minimum absolute atomic E-state index is 0.190. The van der Waals surface area contributed by atoms with E-state index in [2.05, 4.69) is 49.5 Å². The summed E-state index contributed by atoms with van der Waals surface area (Å²) in [6, 6.07) is 0. The zero-order chi connectivity index (χ0) is 8.32. The van der Waals surface area contributed by atoms with E-state index in [9.17, 15) is 0 Å². The van der Waals surface area contributed by atoms with Crippen LogP contribution in [0.1, 0.15) is 13.8 Å². The van der Waals surface area contributed by atoms with Gasteiger partial charge in [0.05, 0.1) is 0 Å². The van der Waals surface area contributed by atoms with Gasteiger partial charge in [-0.25, -0.2) is 0 Å². The van der Waals surface area contributed by atoms with Gasteiger partial charge in [-0.05, 0) is 12.2 Å². The second kappa shape index (κ2) is 2.95. The van der Waals surface area contributed by atoms with Crippen LogP contribution in [0.25, 0.3) is 0 Å². The van der Waals surface area contributed by atoms with Crippen molar-refractivity contribution < 1.29 is 0 Å². The zero-order valence-corrected chi connectivity index (χ0v) is 7.39. The fraction of sp³-hybridized carbons (Fsp3) is 0.400. The number of nitrogens with one attached hydrogen (secondary N) is 1. The van der Waals surface area contributed by atoms with Gasteiger partial charge in [-0.2, -0.15) is 0 Å². The van der Waals surface area contributed by atoms with E-state index in [1.807, 2.05) is 7.05 Å². The van der Waals surface area contributed by atoms with Gasteiger partial charge in [-0.3, -0.25) is 0 Å². The lowest BCUT2D eigenvalue weighted by atomic mass is 9.93. The van der Waals surface area contributed by atoms with Crippen LogP contribution in [-0.4, -0.2) is 7.05 Å². The maximum absolute atomic E-state index is 3.10. The Kier molecular flexibility index (Phi) is 2.18. The molecule has 0 aromatic carbocycles. The molecule has 1 aliphatic carbocycles. The Morgan fingerprint density at radius 2 is 2.00 bits per heavy atom. The van der Waals surface area contributed by atoms with Crippen LogP contribution in [0.2, 0.25) is 0 Å². The van der Waals surface area contributed by atoms with E-state index in [-0.39, 0.29) is 5.41 Å². The topological polar surface area (TPSA) is 12.0 Å². The average Bonchev–Trinajstić information content (AvgIpc) is 2.10. The molecule has 0 fully saturated rings. The van der Waals surface area contributed by atoms with Crippen molar-refractivity contribution in [1.29, 1.82) is 0 Å². The third kappa shape index (κ3) is 2.26. The number of allylic oxidation sites excluding steroid dienone is 5. The fourth-order valence-corrected chi connectivity index (χ4v) is 0.982. The van der Waals surface area contributed by atoms with Gasteiger partial charge in [0.1, 0.15) is 0 Å². The summed E-state index contributed by atoms with van der Waals surface area (Å²) in [5, 5.41) is 3.10. The number of rotatable bonds is 1. The van der Waals surface area contributed by atoms with Crippen LogP contribution < -0.4 is 5.32 Å². The van der Waals surface area contributed by atoms with Gasteiger partial charge in [0.25, 0.3) is 0 Å². The van der Waals surface area contributed by atoms with E-state index in [0.29, 0.717) is 0 Å². The average molecular weight is 149 g/mol. The van der Waals surface area contributed by atoms with Gasteiger partial charge >= 0.3 is 0 Å². The van der Waals surface area contributed by atoms with E-state index in [1.165, 1.54) is 0 Å². The Balaban J connectivity index is 2.83. The first-order valence-corrected chi connectivity index (χ1v) is 3.90. The minimum Gasteiger partial charge on any atom is -0.388 e. The highest BCUT2D eigenvalue weighted by atomic mass is 14.8. The molecule has 11 heavy (non-hydrogen) atoms. The number of likely N-dealkylation sites (N-methyl/N-ethyl adjacent to an activating group) is 1. The van der Waals surface area contributed by atoms with Crippen LogP contribution >= 0.6 is 0 Å². The van der Waals surface area contributed by atoms with Crippen molar-refractivity contribution >= 4 is 0 Å². The molecule has 1 aliphatic rings. The lowest BCUT2D eigenvalue weighted by molar-refractivity contribution is 0.626. The van der Waals surface area contributed by atoms with Gasteiger partial charge in [0.15, 0.2) is 0 Å². The highest BCUT2D eigenvalue weighted by Gasteiger charge is 2.09. The molecule has 0 spiro atoms. The van der Waals surface area contributed by atoms with Crippen LogP contribution in [0.5, 0.6) is 0 Å². The molecule has 1 N–H and O–H groups in total. The molecular weight excluding hydrogens is 134 g/mol. The van der Waals surface area contributed by atoms with E-state index < -0.39 is 0 Å². The predicted molar refractivity (Wildman–Crippen MR) is 49.2 cm³/mol. The summed E-state index contributed by atoms with van der Waals surface area (Å²) in [4.78, 5) is 0. The molecule has 0 aromatic rings. The van der Waals surface area contributed by atoms with Gasteiger partial charge in [-0.15, -0.1) is 0 Å². The predicted octanol–water partition coefficient (Wildman–Crippen LogP) is 2.24. The van der Waals surface area contributed by atoms with Crippen molar-refractivity contribution in [3.8, 4) is 0 Å². The summed E-state index contributed by atoms with van der Waals surface area (Å²) in [6.07, 6.45) is 10.7. The first kappa shape index (κ1) is 8.12. The Bertz CT molecular complexity index is 219. The highest BCUT2D eigenvalue weighted by Crippen LogP contribution is 2.21. The second-order valence-electron chi connectivity index (χ2n) is 3.39. The second-order valence-corrected chi connectivity index (χ2v) is 3.39. The first-order valence-electron chi connectivity index (χ1n) is 3.90. The van der Waals surface area contributed by atoms with Crippen molar-refractivity contribution in [3.63, 3.8) is 0 Å². The summed E-state index contributed by atoms with van der Waals surface area (Å²) in [7, 11) is 1.93.